The minimum atomic E-state index is -0.584. The van der Waals surface area contributed by atoms with Crippen LogP contribution >= 0.6 is 0 Å². The lowest BCUT2D eigenvalue weighted by molar-refractivity contribution is 0.0580. The van der Waals surface area contributed by atoms with Gasteiger partial charge in [0, 0.05) is 12.4 Å². The van der Waals surface area contributed by atoms with Gasteiger partial charge in [-0.25, -0.2) is 15.6 Å². The molecule has 2 rings (SSSR count). The summed E-state index contributed by atoms with van der Waals surface area (Å²) < 4.78 is 5.22. The first kappa shape index (κ1) is 15.0. The van der Waals surface area contributed by atoms with E-state index >= 15 is 0 Å². The monoisotopic (exact) mass is 285 g/mol. The Balaban J connectivity index is 2.14. The second-order valence-electron chi connectivity index (χ2n) is 5.63. The third-order valence-electron chi connectivity index (χ3n) is 2.75. The number of hydrazine groups is 1. The lowest BCUT2D eigenvalue weighted by Gasteiger charge is -2.24. The van der Waals surface area contributed by atoms with Crippen LogP contribution in [-0.2, 0) is 4.74 Å². The van der Waals surface area contributed by atoms with Crippen molar-refractivity contribution in [2.75, 3.05) is 5.01 Å². The molecule has 1 aromatic carbocycles. The summed E-state index contributed by atoms with van der Waals surface area (Å²) >= 11 is 0. The van der Waals surface area contributed by atoms with E-state index in [9.17, 15) is 4.79 Å². The highest BCUT2D eigenvalue weighted by molar-refractivity contribution is 5.87. The largest absolute Gasteiger partial charge is 0.442 e. The number of benzene rings is 1. The van der Waals surface area contributed by atoms with Crippen LogP contribution in [0.4, 0.5) is 10.5 Å². The molecule has 1 amide bonds. The molecule has 0 aliphatic carbocycles. The van der Waals surface area contributed by atoms with Crippen LogP contribution in [0.3, 0.4) is 0 Å². The standard InChI is InChI=1S/C16H19N3O2/c1-16(2,3)21-15(20)19(17)14-6-4-12(5-7-14)13-8-10-18-11-9-13/h4-11H,17H2,1-3H3. The van der Waals surface area contributed by atoms with Gasteiger partial charge in [-0.2, -0.15) is 0 Å². The third-order valence-corrected chi connectivity index (χ3v) is 2.75. The van der Waals surface area contributed by atoms with Crippen molar-refractivity contribution in [3.05, 3.63) is 48.8 Å². The first-order valence-corrected chi connectivity index (χ1v) is 6.65. The van der Waals surface area contributed by atoms with Gasteiger partial charge in [0.1, 0.15) is 5.60 Å². The second kappa shape index (κ2) is 5.93. The lowest BCUT2D eigenvalue weighted by Crippen LogP contribution is -2.41. The summed E-state index contributed by atoms with van der Waals surface area (Å²) in [6, 6.07) is 11.2. The average molecular weight is 285 g/mol. The van der Waals surface area contributed by atoms with Crippen molar-refractivity contribution < 1.29 is 9.53 Å². The Bertz CT molecular complexity index is 604. The second-order valence-corrected chi connectivity index (χ2v) is 5.63. The Kier molecular flexibility index (Phi) is 4.23. The zero-order valence-corrected chi connectivity index (χ0v) is 12.4. The van der Waals surface area contributed by atoms with Crippen LogP contribution in [0.15, 0.2) is 48.8 Å². The number of ether oxygens (including phenoxy) is 1. The van der Waals surface area contributed by atoms with Crippen molar-refractivity contribution in [2.24, 2.45) is 5.84 Å². The summed E-state index contributed by atoms with van der Waals surface area (Å²) in [7, 11) is 0. The maximum absolute atomic E-state index is 11.9. The van der Waals surface area contributed by atoms with Gasteiger partial charge in [-0.3, -0.25) is 4.98 Å². The molecule has 21 heavy (non-hydrogen) atoms. The summed E-state index contributed by atoms with van der Waals surface area (Å²) in [6.07, 6.45) is 2.89. The molecule has 1 heterocycles. The minimum Gasteiger partial charge on any atom is -0.442 e. The molecule has 0 aliphatic rings. The number of rotatable bonds is 2. The zero-order valence-electron chi connectivity index (χ0n) is 12.4. The maximum Gasteiger partial charge on any atom is 0.429 e. The third kappa shape index (κ3) is 4.03. The van der Waals surface area contributed by atoms with Gasteiger partial charge in [0.2, 0.25) is 0 Å². The summed E-state index contributed by atoms with van der Waals surface area (Å²) in [5.41, 5.74) is 2.07. The van der Waals surface area contributed by atoms with Gasteiger partial charge in [0.05, 0.1) is 5.69 Å². The maximum atomic E-state index is 11.9. The van der Waals surface area contributed by atoms with E-state index in [2.05, 4.69) is 4.98 Å². The highest BCUT2D eigenvalue weighted by atomic mass is 16.6. The Hall–Kier alpha value is -2.40. The van der Waals surface area contributed by atoms with Crippen molar-refractivity contribution in [3.8, 4) is 11.1 Å². The average Bonchev–Trinajstić information content (AvgIpc) is 2.46. The van der Waals surface area contributed by atoms with E-state index < -0.39 is 11.7 Å². The smallest absolute Gasteiger partial charge is 0.429 e. The van der Waals surface area contributed by atoms with Crippen LogP contribution in [0.25, 0.3) is 11.1 Å². The molecule has 0 saturated heterocycles. The van der Waals surface area contributed by atoms with Gasteiger partial charge in [0.15, 0.2) is 0 Å². The van der Waals surface area contributed by atoms with Crippen molar-refractivity contribution in [1.29, 1.82) is 0 Å². The number of amides is 1. The fourth-order valence-electron chi connectivity index (χ4n) is 1.78. The zero-order chi connectivity index (χ0) is 15.5. The van der Waals surface area contributed by atoms with Crippen LogP contribution in [0.1, 0.15) is 20.8 Å². The van der Waals surface area contributed by atoms with Crippen molar-refractivity contribution in [1.82, 2.24) is 4.98 Å². The lowest BCUT2D eigenvalue weighted by atomic mass is 10.1. The summed E-state index contributed by atoms with van der Waals surface area (Å²) in [5.74, 6) is 5.78. The van der Waals surface area contributed by atoms with E-state index in [4.69, 9.17) is 10.6 Å². The predicted molar refractivity (Wildman–Crippen MR) is 82.6 cm³/mol. The van der Waals surface area contributed by atoms with Gasteiger partial charge in [-0.1, -0.05) is 12.1 Å². The van der Waals surface area contributed by atoms with E-state index in [1.54, 1.807) is 45.3 Å². The van der Waals surface area contributed by atoms with E-state index in [1.165, 1.54) is 0 Å². The van der Waals surface area contributed by atoms with Crippen LogP contribution in [0.5, 0.6) is 0 Å². The van der Waals surface area contributed by atoms with Gasteiger partial charge < -0.3 is 4.74 Å². The minimum absolute atomic E-state index is 0.571. The van der Waals surface area contributed by atoms with E-state index in [0.717, 1.165) is 16.1 Å². The van der Waals surface area contributed by atoms with Crippen molar-refractivity contribution in [3.63, 3.8) is 0 Å². The van der Waals surface area contributed by atoms with E-state index in [-0.39, 0.29) is 0 Å². The topological polar surface area (TPSA) is 68.5 Å². The molecule has 0 fully saturated rings. The molecule has 2 N–H and O–H groups in total. The molecule has 0 aliphatic heterocycles. The molecule has 0 spiro atoms. The number of anilines is 1. The Morgan fingerprint density at radius 3 is 2.10 bits per heavy atom. The molecular formula is C16H19N3O2. The number of nitrogens with zero attached hydrogens (tertiary/aromatic N) is 2. The summed E-state index contributed by atoms with van der Waals surface area (Å²) in [4.78, 5) is 15.9. The molecule has 0 saturated carbocycles. The Morgan fingerprint density at radius 2 is 1.57 bits per heavy atom. The Labute approximate surface area is 124 Å². The molecule has 1 aromatic heterocycles. The molecule has 0 atom stereocenters. The van der Waals surface area contributed by atoms with Crippen molar-refractivity contribution >= 4 is 11.8 Å². The first-order valence-electron chi connectivity index (χ1n) is 6.65. The van der Waals surface area contributed by atoms with Crippen LogP contribution in [0, 0.1) is 0 Å². The SMILES string of the molecule is CC(C)(C)OC(=O)N(N)c1ccc(-c2ccncc2)cc1. The van der Waals surface area contributed by atoms with Gasteiger partial charge in [0.25, 0.3) is 0 Å². The molecule has 0 bridgehead atoms. The number of aromatic nitrogens is 1. The number of nitrogens with two attached hydrogens (primary N) is 1. The molecule has 0 unspecified atom stereocenters. The van der Waals surface area contributed by atoms with Crippen molar-refractivity contribution in [2.45, 2.75) is 26.4 Å². The number of hydrogen-bond donors (Lipinski definition) is 1. The van der Waals surface area contributed by atoms with Crippen LogP contribution in [-0.4, -0.2) is 16.7 Å². The molecule has 2 aromatic rings. The van der Waals surface area contributed by atoms with Gasteiger partial charge in [-0.05, 0) is 56.2 Å². The normalized spacial score (nSPS) is 11.0. The quantitative estimate of drug-likeness (QED) is 0.522. The molecule has 110 valence electrons. The Morgan fingerprint density at radius 1 is 1.05 bits per heavy atom. The van der Waals surface area contributed by atoms with Gasteiger partial charge in [-0.15, -0.1) is 0 Å². The highest BCUT2D eigenvalue weighted by Crippen LogP contribution is 2.22. The number of carbonyl (C=O) groups is 1. The fourth-order valence-corrected chi connectivity index (χ4v) is 1.78. The first-order chi connectivity index (χ1) is 9.87. The van der Waals surface area contributed by atoms with E-state index in [0.29, 0.717) is 5.69 Å². The molecular weight excluding hydrogens is 266 g/mol. The van der Waals surface area contributed by atoms with Crippen LogP contribution < -0.4 is 10.9 Å². The molecule has 5 heteroatoms. The molecule has 0 radical (unpaired) electrons. The summed E-state index contributed by atoms with van der Waals surface area (Å²) in [6.45, 7) is 5.39. The predicted octanol–water partition coefficient (Wildman–Crippen LogP) is 3.36. The van der Waals surface area contributed by atoms with Crippen LogP contribution in [0.2, 0.25) is 0 Å². The highest BCUT2D eigenvalue weighted by Gasteiger charge is 2.21. The fraction of sp³-hybridized carbons (Fsp3) is 0.250. The summed E-state index contributed by atoms with van der Waals surface area (Å²) in [5, 5.41) is 1.00. The van der Waals surface area contributed by atoms with E-state index in [1.807, 2.05) is 24.3 Å². The number of carbonyl (C=O) groups excluding carboxylic acids is 1. The van der Waals surface area contributed by atoms with Gasteiger partial charge >= 0.3 is 6.09 Å². The number of pyridine rings is 1. The molecule has 5 nitrogen and oxygen atoms in total. The number of hydrogen-bond acceptors (Lipinski definition) is 4.